The van der Waals surface area contributed by atoms with E-state index in [-0.39, 0.29) is 28.2 Å². The Morgan fingerprint density at radius 2 is 1.76 bits per heavy atom. The highest BCUT2D eigenvalue weighted by molar-refractivity contribution is 6.53. The molecule has 1 N–H and O–H groups in total. The van der Waals surface area contributed by atoms with Crippen LogP contribution in [0.4, 0.5) is 10.1 Å². The first-order valence-corrected chi connectivity index (χ1v) is 12.9. The van der Waals surface area contributed by atoms with E-state index in [1.54, 1.807) is 43.4 Å². The number of ketones is 1. The average Bonchev–Trinajstić information content (AvgIpc) is 3.26. The van der Waals surface area contributed by atoms with Gasteiger partial charge in [0.1, 0.15) is 10.2 Å². The molecule has 11 heteroatoms. The van der Waals surface area contributed by atoms with Crippen molar-refractivity contribution in [2.45, 2.75) is 16.7 Å². The van der Waals surface area contributed by atoms with Gasteiger partial charge in [-0.2, -0.15) is 5.10 Å². The van der Waals surface area contributed by atoms with Crippen LogP contribution in [0.1, 0.15) is 27.5 Å². The van der Waals surface area contributed by atoms with Crippen LogP contribution in [0, 0.1) is 11.7 Å². The topological polar surface area (TPSA) is 64.0 Å². The van der Waals surface area contributed by atoms with Crippen molar-refractivity contribution in [3.63, 3.8) is 0 Å². The third-order valence-corrected chi connectivity index (χ3v) is 8.05. The average molecular weight is 600 g/mol. The fraction of sp³-hybridized carbons (Fsp3) is 0.192. The van der Waals surface area contributed by atoms with Crippen LogP contribution in [0.5, 0.6) is 0 Å². The van der Waals surface area contributed by atoms with E-state index in [0.29, 0.717) is 32.5 Å². The first kappa shape index (κ1) is 26.3. The number of aromatic nitrogens is 2. The second-order valence-electron chi connectivity index (χ2n) is 8.82. The molecule has 1 aliphatic carbocycles. The van der Waals surface area contributed by atoms with Crippen molar-refractivity contribution in [1.29, 1.82) is 0 Å². The first-order valence-electron chi connectivity index (χ1n) is 11.0. The minimum absolute atomic E-state index is 0.159. The van der Waals surface area contributed by atoms with Crippen molar-refractivity contribution in [3.8, 4) is 0 Å². The van der Waals surface area contributed by atoms with Gasteiger partial charge in [0.05, 0.1) is 34.0 Å². The van der Waals surface area contributed by atoms with E-state index in [4.69, 9.17) is 58.0 Å². The van der Waals surface area contributed by atoms with Crippen LogP contribution in [0.25, 0.3) is 10.9 Å². The molecule has 5 nitrogen and oxygen atoms in total. The summed E-state index contributed by atoms with van der Waals surface area (Å²) in [5, 5.41) is 8.33. The Morgan fingerprint density at radius 3 is 2.46 bits per heavy atom. The molecule has 0 spiro atoms. The molecular formula is C26H17Cl5FN3O2. The summed E-state index contributed by atoms with van der Waals surface area (Å²) in [6.07, 6.45) is -0.178. The minimum Gasteiger partial charge on any atom is -0.326 e. The zero-order valence-corrected chi connectivity index (χ0v) is 22.8. The molecule has 1 amide bonds. The number of Topliss-reactive ketones (excluding diaryl/α,β-unsaturated/α-hetero) is 1. The molecule has 2 atom stereocenters. The van der Waals surface area contributed by atoms with Gasteiger partial charge in [-0.1, -0.05) is 40.9 Å². The molecule has 190 valence electrons. The van der Waals surface area contributed by atoms with Gasteiger partial charge in [0.2, 0.25) is 5.91 Å². The number of amides is 1. The number of nitrogens with one attached hydrogen (secondary N) is 1. The van der Waals surface area contributed by atoms with Crippen molar-refractivity contribution in [2.75, 3.05) is 5.32 Å². The maximum absolute atomic E-state index is 14.5. The van der Waals surface area contributed by atoms with Gasteiger partial charge in [0, 0.05) is 34.3 Å². The van der Waals surface area contributed by atoms with E-state index in [1.807, 2.05) is 0 Å². The number of benzene rings is 3. The molecular weight excluding hydrogens is 583 g/mol. The highest BCUT2D eigenvalue weighted by Gasteiger charge is 2.67. The van der Waals surface area contributed by atoms with E-state index in [0.717, 1.165) is 0 Å². The van der Waals surface area contributed by atoms with Gasteiger partial charge in [-0.15, -0.1) is 23.2 Å². The zero-order chi connectivity index (χ0) is 26.6. The number of fused-ring (bicyclic) bond motifs is 1. The molecule has 0 aliphatic heterocycles. The maximum atomic E-state index is 14.5. The molecule has 0 saturated heterocycles. The fourth-order valence-electron chi connectivity index (χ4n) is 4.58. The molecule has 1 fully saturated rings. The maximum Gasteiger partial charge on any atom is 0.231 e. The first-order chi connectivity index (χ1) is 17.5. The zero-order valence-electron chi connectivity index (χ0n) is 19.0. The van der Waals surface area contributed by atoms with Crippen LogP contribution >= 0.6 is 58.0 Å². The summed E-state index contributed by atoms with van der Waals surface area (Å²) in [6, 6.07) is 14.0. The van der Waals surface area contributed by atoms with E-state index in [9.17, 15) is 14.0 Å². The summed E-state index contributed by atoms with van der Waals surface area (Å²) in [5.74, 6) is -2.59. The number of halogens is 6. The van der Waals surface area contributed by atoms with E-state index in [2.05, 4.69) is 10.4 Å². The minimum atomic E-state index is -1.35. The number of alkyl halides is 2. The van der Waals surface area contributed by atoms with E-state index in [1.165, 1.54) is 22.9 Å². The quantitative estimate of drug-likeness (QED) is 0.183. The monoisotopic (exact) mass is 597 g/mol. The molecule has 4 aromatic rings. The lowest BCUT2D eigenvalue weighted by Crippen LogP contribution is -2.17. The molecule has 5 rings (SSSR count). The molecule has 3 aromatic carbocycles. The van der Waals surface area contributed by atoms with Crippen LogP contribution in [-0.2, 0) is 18.3 Å². The Balaban J connectivity index is 1.36. The van der Waals surface area contributed by atoms with Crippen molar-refractivity contribution in [3.05, 3.63) is 92.3 Å². The molecule has 2 unspecified atom stereocenters. The van der Waals surface area contributed by atoms with Gasteiger partial charge in [0.15, 0.2) is 5.78 Å². The molecule has 0 bridgehead atoms. The third kappa shape index (κ3) is 4.93. The molecule has 37 heavy (non-hydrogen) atoms. The van der Waals surface area contributed by atoms with Crippen LogP contribution in [0.2, 0.25) is 15.1 Å². The van der Waals surface area contributed by atoms with Gasteiger partial charge in [0.25, 0.3) is 0 Å². The third-order valence-electron chi connectivity index (χ3n) is 6.34. The Bertz CT molecular complexity index is 1570. The summed E-state index contributed by atoms with van der Waals surface area (Å²) >= 11 is 31.4. The number of aryl methyl sites for hydroxylation is 1. The number of hydrogen-bond donors (Lipinski definition) is 1. The molecule has 1 aromatic heterocycles. The number of carbonyl (C=O) groups excluding carboxylic acids is 2. The highest BCUT2D eigenvalue weighted by atomic mass is 35.5. The predicted molar refractivity (Wildman–Crippen MR) is 146 cm³/mol. The number of nitrogens with zero attached hydrogens (tertiary/aromatic N) is 2. The van der Waals surface area contributed by atoms with Crippen molar-refractivity contribution in [2.24, 2.45) is 13.0 Å². The smallest absolute Gasteiger partial charge is 0.231 e. The molecule has 1 saturated carbocycles. The van der Waals surface area contributed by atoms with Crippen LogP contribution < -0.4 is 5.32 Å². The Morgan fingerprint density at radius 1 is 1.05 bits per heavy atom. The summed E-state index contributed by atoms with van der Waals surface area (Å²) in [7, 11) is 1.68. The number of rotatable bonds is 6. The summed E-state index contributed by atoms with van der Waals surface area (Å²) < 4.78 is 14.6. The van der Waals surface area contributed by atoms with Gasteiger partial charge in [-0.25, -0.2) is 4.39 Å². The van der Waals surface area contributed by atoms with Crippen molar-refractivity contribution >= 4 is 86.3 Å². The summed E-state index contributed by atoms with van der Waals surface area (Å²) in [5.41, 5.74) is 1.99. The Labute approximate surface area is 236 Å². The molecule has 0 radical (unpaired) electrons. The van der Waals surface area contributed by atoms with Gasteiger partial charge in [-0.05, 0) is 54.1 Å². The molecule has 1 heterocycles. The predicted octanol–water partition coefficient (Wildman–Crippen LogP) is 7.62. The number of hydrogen-bond acceptors (Lipinski definition) is 3. The highest BCUT2D eigenvalue weighted by Crippen LogP contribution is 2.65. The van der Waals surface area contributed by atoms with E-state index < -0.39 is 27.9 Å². The fourth-order valence-corrected chi connectivity index (χ4v) is 6.18. The summed E-state index contributed by atoms with van der Waals surface area (Å²) in [4.78, 5) is 26.2. The van der Waals surface area contributed by atoms with Crippen molar-refractivity contribution in [1.82, 2.24) is 9.78 Å². The lowest BCUT2D eigenvalue weighted by Gasteiger charge is -2.09. The second-order valence-corrected chi connectivity index (χ2v) is 11.5. The van der Waals surface area contributed by atoms with Gasteiger partial charge < -0.3 is 5.32 Å². The van der Waals surface area contributed by atoms with Crippen molar-refractivity contribution < 1.29 is 14.0 Å². The van der Waals surface area contributed by atoms with E-state index >= 15 is 0 Å². The number of anilines is 1. The lowest BCUT2D eigenvalue weighted by atomic mass is 10.0. The second kappa shape index (κ2) is 9.75. The Hall–Kier alpha value is -2.35. The molecule has 1 aliphatic rings. The van der Waals surface area contributed by atoms with Gasteiger partial charge >= 0.3 is 0 Å². The Kier molecular flexibility index (Phi) is 6.92. The van der Waals surface area contributed by atoms with Crippen LogP contribution in [-0.4, -0.2) is 25.8 Å². The van der Waals surface area contributed by atoms with Crippen LogP contribution in [0.3, 0.4) is 0 Å². The van der Waals surface area contributed by atoms with Gasteiger partial charge in [-0.3, -0.25) is 14.3 Å². The normalized spacial score (nSPS) is 18.1. The summed E-state index contributed by atoms with van der Waals surface area (Å²) in [6.45, 7) is 0. The lowest BCUT2D eigenvalue weighted by molar-refractivity contribution is -0.117. The number of carbonyl (C=O) groups is 2. The SMILES string of the molecule is Cn1nc(CC(=O)c2cc(NC(=O)C3C(c4cc(Cl)cc(Cl)c4)C3(Cl)Cl)ccc2Cl)c2c(F)cccc21. The van der Waals surface area contributed by atoms with Crippen LogP contribution in [0.15, 0.2) is 54.6 Å². The standard InChI is InChI=1S/C26H17Cl5FN3O2/c1-35-20-4-2-3-18(32)22(20)19(34-35)11-21(36)16-10-15(5-6-17(16)29)33-25(37)24-23(26(24,30)31)12-7-13(27)9-14(28)8-12/h2-10,23-24H,11H2,1H3,(H,33,37). The largest absolute Gasteiger partial charge is 0.326 e.